The van der Waals surface area contributed by atoms with E-state index >= 15 is 0 Å². The summed E-state index contributed by atoms with van der Waals surface area (Å²) in [6.07, 6.45) is 0. The number of nitrogens with one attached hydrogen (secondary N) is 1. The van der Waals surface area contributed by atoms with Gasteiger partial charge in [-0.2, -0.15) is 5.26 Å². The maximum absolute atomic E-state index is 12.4. The van der Waals surface area contributed by atoms with Crippen molar-refractivity contribution in [3.63, 3.8) is 0 Å². The number of hydrogen-bond donors (Lipinski definition) is 2. The van der Waals surface area contributed by atoms with Gasteiger partial charge in [-0.1, -0.05) is 0 Å². The predicted octanol–water partition coefficient (Wildman–Crippen LogP) is 0.0997. The zero-order chi connectivity index (χ0) is 10.4. The van der Waals surface area contributed by atoms with Gasteiger partial charge in [0.15, 0.2) is 17.3 Å². The quantitative estimate of drug-likeness (QED) is 0.604. The zero-order valence-electron chi connectivity index (χ0n) is 6.77. The van der Waals surface area contributed by atoms with Gasteiger partial charge in [0, 0.05) is 6.07 Å². The van der Waals surface area contributed by atoms with Crippen LogP contribution in [0.3, 0.4) is 0 Å². The minimum Gasteiger partial charge on any atom is -0.333 e. The zero-order valence-corrected chi connectivity index (χ0v) is 6.77. The fourth-order valence-corrected chi connectivity index (χ4v) is 0.563. The van der Waals surface area contributed by atoms with E-state index in [-0.39, 0.29) is 0 Å². The molecule has 0 fully saturated rings. The number of nitrogens with two attached hydrogens (primary N) is 1. The first-order chi connectivity index (χ1) is 6.15. The molecule has 13 heavy (non-hydrogen) atoms. The molecular formula is C7H7F2N3O. The van der Waals surface area contributed by atoms with E-state index in [1.807, 2.05) is 0 Å². The van der Waals surface area contributed by atoms with Gasteiger partial charge < -0.3 is 10.7 Å². The fraction of sp³-hybridized carbons (Fsp3) is 0.143. The van der Waals surface area contributed by atoms with Gasteiger partial charge in [-0.05, 0) is 7.05 Å². The van der Waals surface area contributed by atoms with Gasteiger partial charge in [-0.15, -0.1) is 0 Å². The molecule has 0 aliphatic heterocycles. The summed E-state index contributed by atoms with van der Waals surface area (Å²) in [5, 5.41) is 8.15. The highest BCUT2D eigenvalue weighted by molar-refractivity contribution is 5.21. The molecule has 1 heterocycles. The molecule has 0 aliphatic carbocycles. The lowest BCUT2D eigenvalue weighted by molar-refractivity contribution is 0.560. The number of H-pyrrole nitrogens is 1. The van der Waals surface area contributed by atoms with Crippen molar-refractivity contribution >= 4 is 0 Å². The average molecular weight is 187 g/mol. The Kier molecular flexibility index (Phi) is 4.33. The molecule has 6 heteroatoms. The number of nitriles is 1. The van der Waals surface area contributed by atoms with Crippen LogP contribution in [0.25, 0.3) is 0 Å². The van der Waals surface area contributed by atoms with Crippen LogP contribution in [0.5, 0.6) is 0 Å². The molecule has 0 unspecified atom stereocenters. The predicted molar refractivity (Wildman–Crippen MR) is 41.8 cm³/mol. The molecule has 0 amide bonds. The van der Waals surface area contributed by atoms with Crippen LogP contribution in [-0.2, 0) is 0 Å². The fourth-order valence-electron chi connectivity index (χ4n) is 0.563. The Bertz CT molecular complexity index is 380. The van der Waals surface area contributed by atoms with Crippen molar-refractivity contribution in [2.45, 2.75) is 0 Å². The van der Waals surface area contributed by atoms with E-state index in [0.29, 0.717) is 6.07 Å². The summed E-state index contributed by atoms with van der Waals surface area (Å²) in [6, 6.07) is 1.74. The highest BCUT2D eigenvalue weighted by Gasteiger charge is 2.05. The lowest BCUT2D eigenvalue weighted by atomic mass is 10.3. The van der Waals surface area contributed by atoms with Crippen LogP contribution in [0.4, 0.5) is 8.78 Å². The lowest BCUT2D eigenvalue weighted by Gasteiger charge is -1.90. The van der Waals surface area contributed by atoms with Gasteiger partial charge in [0.05, 0.1) is 0 Å². The molecule has 0 saturated heterocycles. The summed E-state index contributed by atoms with van der Waals surface area (Å²) >= 11 is 0. The van der Waals surface area contributed by atoms with Crippen LogP contribution in [0.1, 0.15) is 5.69 Å². The summed E-state index contributed by atoms with van der Waals surface area (Å²) in [5.74, 6) is -2.30. The molecule has 1 aromatic rings. The summed E-state index contributed by atoms with van der Waals surface area (Å²) < 4.78 is 24.6. The Morgan fingerprint density at radius 2 is 2.00 bits per heavy atom. The summed E-state index contributed by atoms with van der Waals surface area (Å²) in [4.78, 5) is 12.1. The molecule has 4 nitrogen and oxygen atoms in total. The number of hydrogen-bond acceptors (Lipinski definition) is 3. The van der Waals surface area contributed by atoms with Crippen LogP contribution in [0, 0.1) is 23.0 Å². The Balaban J connectivity index is 0.000000671. The van der Waals surface area contributed by atoms with Crippen LogP contribution in [0.2, 0.25) is 0 Å². The van der Waals surface area contributed by atoms with E-state index in [1.54, 1.807) is 4.98 Å². The van der Waals surface area contributed by atoms with E-state index in [2.05, 4.69) is 5.73 Å². The monoisotopic (exact) mass is 187 g/mol. The summed E-state index contributed by atoms with van der Waals surface area (Å²) in [6.45, 7) is 0. The van der Waals surface area contributed by atoms with E-state index < -0.39 is 22.9 Å². The molecule has 0 aromatic carbocycles. The van der Waals surface area contributed by atoms with Crippen LogP contribution < -0.4 is 11.3 Å². The second-order valence-corrected chi connectivity index (χ2v) is 1.78. The highest BCUT2D eigenvalue weighted by Crippen LogP contribution is 1.99. The average Bonchev–Trinajstić information content (AvgIpc) is 2.15. The standard InChI is InChI=1S/C6H2F2N2O.CH5N/c7-3-1-4(8)6(11)10-5(3)2-9;1-2/h1H,(H,10,11);2H2,1H3. The van der Waals surface area contributed by atoms with Crippen molar-refractivity contribution in [1.82, 2.24) is 4.98 Å². The van der Waals surface area contributed by atoms with Gasteiger partial charge in [0.25, 0.3) is 5.56 Å². The smallest absolute Gasteiger partial charge is 0.285 e. The van der Waals surface area contributed by atoms with Gasteiger partial charge in [-0.3, -0.25) is 4.79 Å². The number of aromatic amines is 1. The Hall–Kier alpha value is -1.74. The molecule has 0 saturated carbocycles. The van der Waals surface area contributed by atoms with E-state index in [0.717, 1.165) is 0 Å². The Morgan fingerprint density at radius 1 is 1.46 bits per heavy atom. The van der Waals surface area contributed by atoms with Crippen LogP contribution in [0.15, 0.2) is 10.9 Å². The van der Waals surface area contributed by atoms with Crippen molar-refractivity contribution in [3.8, 4) is 6.07 Å². The molecule has 0 spiro atoms. The van der Waals surface area contributed by atoms with Gasteiger partial charge in [0.2, 0.25) is 0 Å². The van der Waals surface area contributed by atoms with Crippen molar-refractivity contribution in [2.75, 3.05) is 7.05 Å². The SMILES string of the molecule is CN.N#Cc1[nH]c(=O)c(F)cc1F. The number of rotatable bonds is 0. The first-order valence-corrected chi connectivity index (χ1v) is 3.21. The van der Waals surface area contributed by atoms with Crippen molar-refractivity contribution in [2.24, 2.45) is 5.73 Å². The molecule has 1 rings (SSSR count). The van der Waals surface area contributed by atoms with E-state index in [4.69, 9.17) is 5.26 Å². The summed E-state index contributed by atoms with van der Waals surface area (Å²) in [7, 11) is 1.50. The molecule has 70 valence electrons. The summed E-state index contributed by atoms with van der Waals surface area (Å²) in [5.41, 5.74) is 2.85. The minimum absolute atomic E-state index is 0.372. The topological polar surface area (TPSA) is 82.7 Å². The van der Waals surface area contributed by atoms with Gasteiger partial charge >= 0.3 is 0 Å². The minimum atomic E-state index is -1.23. The highest BCUT2D eigenvalue weighted by atomic mass is 19.1. The second kappa shape index (κ2) is 5.00. The van der Waals surface area contributed by atoms with E-state index in [1.165, 1.54) is 13.1 Å². The first-order valence-electron chi connectivity index (χ1n) is 3.21. The maximum Gasteiger partial charge on any atom is 0.285 e. The van der Waals surface area contributed by atoms with Gasteiger partial charge in [0.1, 0.15) is 6.07 Å². The number of nitrogens with zero attached hydrogens (tertiary/aromatic N) is 1. The normalized spacial score (nSPS) is 8.23. The number of halogens is 2. The maximum atomic E-state index is 12.4. The Labute approximate surface area is 72.6 Å². The molecule has 0 radical (unpaired) electrons. The Morgan fingerprint density at radius 3 is 2.46 bits per heavy atom. The molecule has 1 aromatic heterocycles. The third-order valence-corrected chi connectivity index (χ3v) is 1.06. The van der Waals surface area contributed by atoms with Crippen LogP contribution >= 0.6 is 0 Å². The molecule has 0 atom stereocenters. The first kappa shape index (κ1) is 11.3. The third kappa shape index (κ3) is 2.65. The molecular weight excluding hydrogens is 180 g/mol. The van der Waals surface area contributed by atoms with Crippen molar-refractivity contribution < 1.29 is 8.78 Å². The molecule has 0 bridgehead atoms. The number of aromatic nitrogens is 1. The van der Waals surface area contributed by atoms with Crippen molar-refractivity contribution in [1.29, 1.82) is 5.26 Å². The second-order valence-electron chi connectivity index (χ2n) is 1.78. The van der Waals surface area contributed by atoms with Crippen LogP contribution in [-0.4, -0.2) is 12.0 Å². The van der Waals surface area contributed by atoms with E-state index in [9.17, 15) is 13.6 Å². The van der Waals surface area contributed by atoms with Gasteiger partial charge in [-0.25, -0.2) is 8.78 Å². The van der Waals surface area contributed by atoms with Crippen molar-refractivity contribution in [3.05, 3.63) is 33.7 Å². The molecule has 3 N–H and O–H groups in total. The molecule has 0 aliphatic rings. The third-order valence-electron chi connectivity index (χ3n) is 1.06. The largest absolute Gasteiger partial charge is 0.333 e. The lowest BCUT2D eigenvalue weighted by Crippen LogP contribution is -2.13. The number of pyridine rings is 1.